The second-order valence-corrected chi connectivity index (χ2v) is 6.76. The molecular formula is C15H18BrNO2S. The summed E-state index contributed by atoms with van der Waals surface area (Å²) in [5.74, 6) is 1.65. The molecule has 108 valence electrons. The molecule has 0 bridgehead atoms. The van der Waals surface area contributed by atoms with Crippen LogP contribution in [0.25, 0.3) is 0 Å². The highest BCUT2D eigenvalue weighted by Crippen LogP contribution is 2.29. The quantitative estimate of drug-likeness (QED) is 0.833. The van der Waals surface area contributed by atoms with Crippen LogP contribution < -0.4 is 14.8 Å². The van der Waals surface area contributed by atoms with Crippen LogP contribution in [0.2, 0.25) is 0 Å². The van der Waals surface area contributed by atoms with E-state index in [2.05, 4.69) is 39.6 Å². The second kappa shape index (κ2) is 7.11. The Balaban J connectivity index is 2.06. The average Bonchev–Trinajstić information content (AvgIpc) is 2.89. The van der Waals surface area contributed by atoms with E-state index in [4.69, 9.17) is 9.47 Å². The zero-order chi connectivity index (χ0) is 14.5. The molecule has 2 rings (SSSR count). The van der Waals surface area contributed by atoms with Gasteiger partial charge in [0.15, 0.2) is 0 Å². The summed E-state index contributed by atoms with van der Waals surface area (Å²) in [4.78, 5) is 0. The number of ether oxygens (including phenoxy) is 2. The summed E-state index contributed by atoms with van der Waals surface area (Å²) in [7, 11) is 3.34. The van der Waals surface area contributed by atoms with Gasteiger partial charge in [0.05, 0.1) is 18.0 Å². The molecule has 3 nitrogen and oxygen atoms in total. The molecule has 0 radical (unpaired) electrons. The van der Waals surface area contributed by atoms with Crippen molar-refractivity contribution in [3.05, 3.63) is 44.6 Å². The molecular weight excluding hydrogens is 338 g/mol. The van der Waals surface area contributed by atoms with Gasteiger partial charge in [-0.15, -0.1) is 11.3 Å². The van der Waals surface area contributed by atoms with Crippen molar-refractivity contribution in [1.29, 1.82) is 0 Å². The molecule has 0 aliphatic rings. The van der Waals surface area contributed by atoms with Crippen molar-refractivity contribution in [3.8, 4) is 11.5 Å². The van der Waals surface area contributed by atoms with Gasteiger partial charge >= 0.3 is 0 Å². The Bertz CT molecular complexity index is 571. The van der Waals surface area contributed by atoms with Crippen LogP contribution in [0.1, 0.15) is 24.1 Å². The second-order valence-electron chi connectivity index (χ2n) is 4.47. The van der Waals surface area contributed by atoms with Crippen molar-refractivity contribution < 1.29 is 9.47 Å². The first kappa shape index (κ1) is 15.4. The van der Waals surface area contributed by atoms with Crippen LogP contribution in [0.3, 0.4) is 0 Å². The van der Waals surface area contributed by atoms with Crippen LogP contribution >= 0.6 is 27.3 Å². The topological polar surface area (TPSA) is 30.5 Å². The van der Waals surface area contributed by atoms with Crippen LogP contribution in [0.5, 0.6) is 11.5 Å². The maximum Gasteiger partial charge on any atom is 0.127 e. The Labute approximate surface area is 132 Å². The van der Waals surface area contributed by atoms with E-state index in [-0.39, 0.29) is 6.04 Å². The van der Waals surface area contributed by atoms with Gasteiger partial charge in [-0.25, -0.2) is 0 Å². The molecule has 20 heavy (non-hydrogen) atoms. The van der Waals surface area contributed by atoms with Gasteiger partial charge < -0.3 is 14.8 Å². The van der Waals surface area contributed by atoms with Crippen molar-refractivity contribution in [2.45, 2.75) is 19.5 Å². The van der Waals surface area contributed by atoms with Gasteiger partial charge in [0, 0.05) is 24.2 Å². The summed E-state index contributed by atoms with van der Waals surface area (Å²) >= 11 is 5.18. The first-order valence-electron chi connectivity index (χ1n) is 6.32. The summed E-state index contributed by atoms with van der Waals surface area (Å²) in [5, 5.41) is 5.65. The molecule has 1 heterocycles. The molecule has 0 amide bonds. The minimum atomic E-state index is 0.203. The fourth-order valence-electron chi connectivity index (χ4n) is 2.00. The molecule has 1 atom stereocenters. The molecule has 1 N–H and O–H groups in total. The highest BCUT2D eigenvalue weighted by Gasteiger charge is 2.12. The van der Waals surface area contributed by atoms with Crippen molar-refractivity contribution in [2.24, 2.45) is 0 Å². The third kappa shape index (κ3) is 3.75. The Kier molecular flexibility index (Phi) is 5.46. The minimum Gasteiger partial charge on any atom is -0.497 e. The zero-order valence-electron chi connectivity index (χ0n) is 11.8. The summed E-state index contributed by atoms with van der Waals surface area (Å²) in [5.41, 5.74) is 2.41. The lowest BCUT2D eigenvalue weighted by molar-refractivity contribution is 0.386. The molecule has 5 heteroatoms. The predicted molar refractivity (Wildman–Crippen MR) is 86.8 cm³/mol. The van der Waals surface area contributed by atoms with Crippen molar-refractivity contribution in [3.63, 3.8) is 0 Å². The standard InChI is InChI=1S/C15H18BrNO2S/c1-10(17-8-11-6-15(16)20-9-11)13-5-4-12(18-2)7-14(13)19-3/h4-7,9-10,17H,8H2,1-3H3. The van der Waals surface area contributed by atoms with E-state index >= 15 is 0 Å². The monoisotopic (exact) mass is 355 g/mol. The maximum atomic E-state index is 5.44. The number of benzene rings is 1. The number of hydrogen-bond acceptors (Lipinski definition) is 4. The van der Waals surface area contributed by atoms with Crippen LogP contribution in [-0.4, -0.2) is 14.2 Å². The fourth-order valence-corrected chi connectivity index (χ4v) is 3.20. The van der Waals surface area contributed by atoms with Gasteiger partial charge in [-0.2, -0.15) is 0 Å². The van der Waals surface area contributed by atoms with Gasteiger partial charge in [-0.05, 0) is 45.9 Å². The first-order chi connectivity index (χ1) is 9.63. The number of hydrogen-bond donors (Lipinski definition) is 1. The normalized spacial score (nSPS) is 12.2. The van der Waals surface area contributed by atoms with Crippen molar-refractivity contribution in [1.82, 2.24) is 5.32 Å². The third-order valence-corrected chi connectivity index (χ3v) is 4.69. The van der Waals surface area contributed by atoms with E-state index in [0.717, 1.165) is 27.4 Å². The average molecular weight is 356 g/mol. The van der Waals surface area contributed by atoms with Gasteiger partial charge in [0.25, 0.3) is 0 Å². The van der Waals surface area contributed by atoms with E-state index in [1.54, 1.807) is 25.6 Å². The number of methoxy groups -OCH3 is 2. The van der Waals surface area contributed by atoms with Gasteiger partial charge in [-0.1, -0.05) is 6.07 Å². The Morgan fingerprint density at radius 1 is 1.25 bits per heavy atom. The number of thiophene rings is 1. The number of rotatable bonds is 6. The highest BCUT2D eigenvalue weighted by molar-refractivity contribution is 9.11. The minimum absolute atomic E-state index is 0.203. The predicted octanol–water partition coefficient (Wildman–Crippen LogP) is 4.38. The molecule has 0 saturated carbocycles. The molecule has 0 aliphatic carbocycles. The van der Waals surface area contributed by atoms with Crippen LogP contribution in [0.15, 0.2) is 33.4 Å². The lowest BCUT2D eigenvalue weighted by Crippen LogP contribution is -2.18. The van der Waals surface area contributed by atoms with Crippen molar-refractivity contribution >= 4 is 27.3 Å². The molecule has 1 unspecified atom stereocenters. The summed E-state index contributed by atoms with van der Waals surface area (Å²) < 4.78 is 11.8. The lowest BCUT2D eigenvalue weighted by Gasteiger charge is -2.17. The maximum absolute atomic E-state index is 5.44. The molecule has 2 aromatic rings. The largest absolute Gasteiger partial charge is 0.497 e. The van der Waals surface area contributed by atoms with Gasteiger partial charge in [0.2, 0.25) is 0 Å². The van der Waals surface area contributed by atoms with Crippen molar-refractivity contribution in [2.75, 3.05) is 14.2 Å². The van der Waals surface area contributed by atoms with E-state index in [0.29, 0.717) is 0 Å². The van der Waals surface area contributed by atoms with Crippen LogP contribution in [0, 0.1) is 0 Å². The summed E-state index contributed by atoms with van der Waals surface area (Å²) in [6, 6.07) is 8.25. The lowest BCUT2D eigenvalue weighted by atomic mass is 10.1. The SMILES string of the molecule is COc1ccc(C(C)NCc2csc(Br)c2)c(OC)c1. The molecule has 0 saturated heterocycles. The van der Waals surface area contributed by atoms with E-state index in [9.17, 15) is 0 Å². The van der Waals surface area contributed by atoms with E-state index < -0.39 is 0 Å². The van der Waals surface area contributed by atoms with Crippen LogP contribution in [-0.2, 0) is 6.54 Å². The zero-order valence-corrected chi connectivity index (χ0v) is 14.2. The molecule has 0 fully saturated rings. The Hall–Kier alpha value is -1.04. The Morgan fingerprint density at radius 3 is 2.65 bits per heavy atom. The summed E-state index contributed by atoms with van der Waals surface area (Å²) in [6.07, 6.45) is 0. The molecule has 0 spiro atoms. The Morgan fingerprint density at radius 2 is 2.05 bits per heavy atom. The van der Waals surface area contributed by atoms with Gasteiger partial charge in [0.1, 0.15) is 11.5 Å². The number of halogens is 1. The van der Waals surface area contributed by atoms with Gasteiger partial charge in [-0.3, -0.25) is 0 Å². The van der Waals surface area contributed by atoms with E-state index in [1.807, 2.05) is 18.2 Å². The first-order valence-corrected chi connectivity index (χ1v) is 7.99. The third-order valence-electron chi connectivity index (χ3n) is 3.14. The highest BCUT2D eigenvalue weighted by atomic mass is 79.9. The number of nitrogens with one attached hydrogen (secondary N) is 1. The smallest absolute Gasteiger partial charge is 0.127 e. The molecule has 1 aromatic carbocycles. The molecule has 0 aliphatic heterocycles. The summed E-state index contributed by atoms with van der Waals surface area (Å²) in [6.45, 7) is 2.96. The van der Waals surface area contributed by atoms with E-state index in [1.165, 1.54) is 5.56 Å². The van der Waals surface area contributed by atoms with Crippen LogP contribution in [0.4, 0.5) is 0 Å². The fraction of sp³-hybridized carbons (Fsp3) is 0.333. The molecule has 1 aromatic heterocycles.